The summed E-state index contributed by atoms with van der Waals surface area (Å²) < 4.78 is 5.24. The van der Waals surface area contributed by atoms with Crippen molar-refractivity contribution in [1.29, 1.82) is 0 Å². The largest absolute Gasteiger partial charge is 0.356 e. The van der Waals surface area contributed by atoms with Gasteiger partial charge in [0.15, 0.2) is 5.76 Å². The second-order valence-electron chi connectivity index (χ2n) is 4.30. The van der Waals surface area contributed by atoms with Gasteiger partial charge < -0.3 is 15.6 Å². The SMILES string of the molecule is NCc1cnoc1-c1ccc2c(c1)CCC(=O)N2. The molecule has 5 nitrogen and oxygen atoms in total. The highest BCUT2D eigenvalue weighted by molar-refractivity contribution is 5.94. The van der Waals surface area contributed by atoms with Gasteiger partial charge in [0.1, 0.15) is 0 Å². The molecule has 1 aromatic carbocycles. The van der Waals surface area contributed by atoms with E-state index in [2.05, 4.69) is 10.5 Å². The molecule has 1 amide bonds. The molecule has 0 radical (unpaired) electrons. The summed E-state index contributed by atoms with van der Waals surface area (Å²) in [5.74, 6) is 0.773. The Morgan fingerprint density at radius 1 is 1.39 bits per heavy atom. The van der Waals surface area contributed by atoms with Gasteiger partial charge in [0.05, 0.1) is 6.20 Å². The molecular formula is C13H13N3O2. The molecule has 18 heavy (non-hydrogen) atoms. The van der Waals surface area contributed by atoms with Crippen LogP contribution in [0.5, 0.6) is 0 Å². The van der Waals surface area contributed by atoms with Gasteiger partial charge in [-0.1, -0.05) is 5.16 Å². The van der Waals surface area contributed by atoms with E-state index in [-0.39, 0.29) is 5.91 Å². The van der Waals surface area contributed by atoms with Gasteiger partial charge in [-0.15, -0.1) is 0 Å². The van der Waals surface area contributed by atoms with Crippen molar-refractivity contribution in [3.05, 3.63) is 35.5 Å². The molecule has 0 spiro atoms. The highest BCUT2D eigenvalue weighted by Crippen LogP contribution is 2.30. The van der Waals surface area contributed by atoms with Gasteiger partial charge in [-0.3, -0.25) is 4.79 Å². The standard InChI is InChI=1S/C13H13N3O2/c14-6-10-7-15-18-13(10)9-1-3-11-8(5-9)2-4-12(17)16-11/h1,3,5,7H,2,4,6,14H2,(H,16,17). The van der Waals surface area contributed by atoms with E-state index in [0.717, 1.165) is 28.8 Å². The number of carbonyl (C=O) groups excluding carboxylic acids is 1. The van der Waals surface area contributed by atoms with Crippen molar-refractivity contribution in [2.24, 2.45) is 5.73 Å². The molecule has 1 aliphatic rings. The Balaban J connectivity index is 2.02. The molecule has 2 aromatic rings. The van der Waals surface area contributed by atoms with Gasteiger partial charge in [0.2, 0.25) is 5.91 Å². The minimum Gasteiger partial charge on any atom is -0.356 e. The average Bonchev–Trinajstić information content (AvgIpc) is 2.86. The molecule has 0 bridgehead atoms. The van der Waals surface area contributed by atoms with Crippen LogP contribution in [-0.2, 0) is 17.8 Å². The van der Waals surface area contributed by atoms with Crippen molar-refractivity contribution in [3.63, 3.8) is 0 Å². The van der Waals surface area contributed by atoms with Crippen molar-refractivity contribution < 1.29 is 9.32 Å². The Morgan fingerprint density at radius 2 is 2.28 bits per heavy atom. The summed E-state index contributed by atoms with van der Waals surface area (Å²) in [4.78, 5) is 11.3. The molecule has 3 rings (SSSR count). The maximum absolute atomic E-state index is 11.3. The molecule has 3 N–H and O–H groups in total. The first-order valence-corrected chi connectivity index (χ1v) is 5.84. The molecule has 1 aliphatic heterocycles. The van der Waals surface area contributed by atoms with E-state index in [4.69, 9.17) is 10.3 Å². The Bertz CT molecular complexity index is 604. The number of fused-ring (bicyclic) bond motifs is 1. The smallest absolute Gasteiger partial charge is 0.224 e. The fourth-order valence-corrected chi connectivity index (χ4v) is 2.17. The van der Waals surface area contributed by atoms with Crippen LogP contribution in [0.2, 0.25) is 0 Å². The Kier molecular flexibility index (Phi) is 2.60. The van der Waals surface area contributed by atoms with E-state index in [1.54, 1.807) is 6.20 Å². The number of carbonyl (C=O) groups is 1. The van der Waals surface area contributed by atoms with E-state index >= 15 is 0 Å². The van der Waals surface area contributed by atoms with Gasteiger partial charge in [0, 0.05) is 29.8 Å². The van der Waals surface area contributed by atoms with E-state index in [9.17, 15) is 4.79 Å². The summed E-state index contributed by atoms with van der Waals surface area (Å²) in [6.45, 7) is 0.395. The summed E-state index contributed by atoms with van der Waals surface area (Å²) in [5, 5.41) is 6.62. The lowest BCUT2D eigenvalue weighted by Crippen LogP contribution is -2.18. The fourth-order valence-electron chi connectivity index (χ4n) is 2.17. The zero-order valence-corrected chi connectivity index (χ0v) is 9.77. The molecule has 1 aromatic heterocycles. The van der Waals surface area contributed by atoms with E-state index in [0.29, 0.717) is 18.7 Å². The second kappa shape index (κ2) is 4.27. The van der Waals surface area contributed by atoms with Crippen molar-refractivity contribution in [1.82, 2.24) is 5.16 Å². The number of nitrogens with two attached hydrogens (primary N) is 1. The molecule has 0 saturated heterocycles. The predicted octanol–water partition coefficient (Wildman–Crippen LogP) is 1.68. The van der Waals surface area contributed by atoms with Gasteiger partial charge >= 0.3 is 0 Å². The summed E-state index contributed by atoms with van der Waals surface area (Å²) in [5.41, 5.74) is 9.46. The predicted molar refractivity (Wildman–Crippen MR) is 66.8 cm³/mol. The number of hydrogen-bond donors (Lipinski definition) is 2. The molecule has 0 saturated carbocycles. The van der Waals surface area contributed by atoms with Gasteiger partial charge in [-0.2, -0.15) is 0 Å². The van der Waals surface area contributed by atoms with Crippen LogP contribution in [0.25, 0.3) is 11.3 Å². The van der Waals surface area contributed by atoms with Crippen molar-refractivity contribution in [2.75, 3.05) is 5.32 Å². The number of benzene rings is 1. The molecule has 0 fully saturated rings. The topological polar surface area (TPSA) is 81.2 Å². The van der Waals surface area contributed by atoms with E-state index in [1.807, 2.05) is 18.2 Å². The molecule has 0 unspecified atom stereocenters. The first-order chi connectivity index (χ1) is 8.78. The maximum atomic E-state index is 11.3. The molecule has 0 atom stereocenters. The minimum absolute atomic E-state index is 0.0672. The first kappa shape index (κ1) is 11.0. The lowest BCUT2D eigenvalue weighted by Gasteiger charge is -2.17. The summed E-state index contributed by atoms with van der Waals surface area (Å²) >= 11 is 0. The molecular weight excluding hydrogens is 230 g/mol. The van der Waals surface area contributed by atoms with E-state index in [1.165, 1.54) is 0 Å². The molecule has 92 valence electrons. The van der Waals surface area contributed by atoms with Crippen LogP contribution in [0.1, 0.15) is 17.5 Å². The highest BCUT2D eigenvalue weighted by Gasteiger charge is 2.17. The Morgan fingerprint density at radius 3 is 3.11 bits per heavy atom. The maximum Gasteiger partial charge on any atom is 0.224 e. The number of anilines is 1. The van der Waals surface area contributed by atoms with Crippen molar-refractivity contribution in [3.8, 4) is 11.3 Å². The normalized spacial score (nSPS) is 14.2. The molecule has 2 heterocycles. The third-order valence-corrected chi connectivity index (χ3v) is 3.13. The molecule has 5 heteroatoms. The lowest BCUT2D eigenvalue weighted by atomic mass is 9.98. The number of nitrogens with zero attached hydrogens (tertiary/aromatic N) is 1. The van der Waals surface area contributed by atoms with Crippen molar-refractivity contribution >= 4 is 11.6 Å². The van der Waals surface area contributed by atoms with E-state index < -0.39 is 0 Å². The number of nitrogens with one attached hydrogen (secondary N) is 1. The third kappa shape index (κ3) is 1.78. The van der Waals surface area contributed by atoms with Crippen molar-refractivity contribution in [2.45, 2.75) is 19.4 Å². The van der Waals surface area contributed by atoms with Crippen LogP contribution in [0.15, 0.2) is 28.9 Å². The quantitative estimate of drug-likeness (QED) is 0.840. The molecule has 0 aliphatic carbocycles. The van der Waals surface area contributed by atoms with Gasteiger partial charge in [0.25, 0.3) is 0 Å². The Hall–Kier alpha value is -2.14. The zero-order chi connectivity index (χ0) is 12.5. The van der Waals surface area contributed by atoms with Crippen LogP contribution in [0.4, 0.5) is 5.69 Å². The number of aryl methyl sites for hydroxylation is 1. The van der Waals surface area contributed by atoms with Gasteiger partial charge in [-0.05, 0) is 30.2 Å². The summed E-state index contributed by atoms with van der Waals surface area (Å²) in [7, 11) is 0. The Labute approximate surface area is 104 Å². The third-order valence-electron chi connectivity index (χ3n) is 3.13. The number of rotatable bonds is 2. The second-order valence-corrected chi connectivity index (χ2v) is 4.30. The lowest BCUT2D eigenvalue weighted by molar-refractivity contribution is -0.116. The van der Waals surface area contributed by atoms with Crippen LogP contribution >= 0.6 is 0 Å². The fraction of sp³-hybridized carbons (Fsp3) is 0.231. The van der Waals surface area contributed by atoms with Gasteiger partial charge in [-0.25, -0.2) is 0 Å². The number of aromatic nitrogens is 1. The highest BCUT2D eigenvalue weighted by atomic mass is 16.5. The van der Waals surface area contributed by atoms with Crippen LogP contribution < -0.4 is 11.1 Å². The minimum atomic E-state index is 0.0672. The monoisotopic (exact) mass is 243 g/mol. The summed E-state index contributed by atoms with van der Waals surface area (Å²) in [6.07, 6.45) is 2.91. The number of amides is 1. The number of hydrogen-bond acceptors (Lipinski definition) is 4. The average molecular weight is 243 g/mol. The van der Waals surface area contributed by atoms with Crippen LogP contribution in [0.3, 0.4) is 0 Å². The van der Waals surface area contributed by atoms with Crippen LogP contribution in [-0.4, -0.2) is 11.1 Å². The summed E-state index contributed by atoms with van der Waals surface area (Å²) in [6, 6.07) is 5.82. The first-order valence-electron chi connectivity index (χ1n) is 5.84. The van der Waals surface area contributed by atoms with Crippen LogP contribution in [0, 0.1) is 0 Å². The zero-order valence-electron chi connectivity index (χ0n) is 9.77.